The van der Waals surface area contributed by atoms with Gasteiger partial charge in [0.25, 0.3) is 0 Å². The third kappa shape index (κ3) is 4.65. The molecule has 0 saturated carbocycles. The first-order valence-electron chi connectivity index (χ1n) is 7.74. The number of aryl methyl sites for hydroxylation is 1. The standard InChI is InChI=1S/C17H11Cl2F3N4OS/c1-8-10(18)6-11(19)14(23-8)25-13(27)7-28-15-9-4-2-3-5-12(9)24-16(26-15)17(20,21)22/h2-6H,7H2,1H3,(H,23,25,27). The Bertz CT molecular complexity index is 1060. The highest BCUT2D eigenvalue weighted by atomic mass is 35.5. The number of rotatable bonds is 4. The lowest BCUT2D eigenvalue weighted by atomic mass is 10.2. The number of alkyl halides is 3. The molecule has 0 unspecified atom stereocenters. The van der Waals surface area contributed by atoms with Gasteiger partial charge in [-0.1, -0.05) is 53.2 Å². The molecule has 0 radical (unpaired) electrons. The zero-order chi connectivity index (χ0) is 20.5. The van der Waals surface area contributed by atoms with E-state index in [4.69, 9.17) is 23.2 Å². The molecule has 1 aromatic carbocycles. The second-order valence-electron chi connectivity index (χ2n) is 5.59. The number of carbonyl (C=O) groups excluding carboxylic acids is 1. The number of fused-ring (bicyclic) bond motifs is 1. The maximum Gasteiger partial charge on any atom is 0.451 e. The molecule has 0 fully saturated rings. The molecule has 28 heavy (non-hydrogen) atoms. The Kier molecular flexibility index (Phi) is 5.97. The summed E-state index contributed by atoms with van der Waals surface area (Å²) in [6.45, 7) is 1.65. The van der Waals surface area contributed by atoms with Crippen molar-refractivity contribution in [1.82, 2.24) is 15.0 Å². The second kappa shape index (κ2) is 8.10. The maximum absolute atomic E-state index is 13.0. The summed E-state index contributed by atoms with van der Waals surface area (Å²) in [5.41, 5.74) is 0.622. The van der Waals surface area contributed by atoms with Crippen LogP contribution in [-0.2, 0) is 11.0 Å². The Hall–Kier alpha value is -2.10. The van der Waals surface area contributed by atoms with Gasteiger partial charge in [-0.3, -0.25) is 4.79 Å². The number of thioether (sulfide) groups is 1. The molecule has 0 aliphatic heterocycles. The fraction of sp³-hybridized carbons (Fsp3) is 0.176. The van der Waals surface area contributed by atoms with Gasteiger partial charge in [0.1, 0.15) is 5.03 Å². The SMILES string of the molecule is Cc1nc(NC(=O)CSc2nc(C(F)(F)F)nc3ccccc23)c(Cl)cc1Cl. The number of hydrogen-bond acceptors (Lipinski definition) is 5. The Morgan fingerprint density at radius 1 is 1.14 bits per heavy atom. The minimum atomic E-state index is -4.69. The largest absolute Gasteiger partial charge is 0.451 e. The van der Waals surface area contributed by atoms with E-state index in [0.717, 1.165) is 11.8 Å². The molecule has 0 bridgehead atoms. The summed E-state index contributed by atoms with van der Waals surface area (Å²) in [6, 6.07) is 7.73. The van der Waals surface area contributed by atoms with Crippen LogP contribution in [0.1, 0.15) is 11.5 Å². The third-order valence-electron chi connectivity index (χ3n) is 3.52. The number of para-hydroxylation sites is 1. The fourth-order valence-corrected chi connectivity index (χ4v) is 3.46. The van der Waals surface area contributed by atoms with Crippen molar-refractivity contribution in [2.75, 3.05) is 11.1 Å². The van der Waals surface area contributed by atoms with Gasteiger partial charge in [0.15, 0.2) is 5.82 Å². The summed E-state index contributed by atoms with van der Waals surface area (Å²) < 4.78 is 39.1. The van der Waals surface area contributed by atoms with Crippen LogP contribution in [0.25, 0.3) is 10.9 Å². The highest BCUT2D eigenvalue weighted by molar-refractivity contribution is 8.00. The molecule has 1 N–H and O–H groups in total. The van der Waals surface area contributed by atoms with E-state index >= 15 is 0 Å². The number of carbonyl (C=O) groups is 1. The summed E-state index contributed by atoms with van der Waals surface area (Å²) in [5.74, 6) is -1.83. The number of aromatic nitrogens is 3. The van der Waals surface area contributed by atoms with E-state index < -0.39 is 17.9 Å². The first kappa shape index (κ1) is 20.6. The topological polar surface area (TPSA) is 67.8 Å². The molecule has 0 saturated heterocycles. The van der Waals surface area contributed by atoms with E-state index in [-0.39, 0.29) is 27.1 Å². The lowest BCUT2D eigenvalue weighted by molar-refractivity contribution is -0.145. The summed E-state index contributed by atoms with van der Waals surface area (Å²) in [4.78, 5) is 23.4. The van der Waals surface area contributed by atoms with Gasteiger partial charge in [-0.05, 0) is 19.1 Å². The molecule has 3 rings (SSSR count). The Balaban J connectivity index is 1.81. The smallest absolute Gasteiger partial charge is 0.309 e. The molecule has 146 valence electrons. The van der Waals surface area contributed by atoms with Crippen molar-refractivity contribution in [3.8, 4) is 0 Å². The van der Waals surface area contributed by atoms with E-state index in [1.54, 1.807) is 25.1 Å². The lowest BCUT2D eigenvalue weighted by Crippen LogP contribution is -2.16. The van der Waals surface area contributed by atoms with Crippen LogP contribution in [0, 0.1) is 6.92 Å². The van der Waals surface area contributed by atoms with Gasteiger partial charge in [0.2, 0.25) is 11.7 Å². The summed E-state index contributed by atoms with van der Waals surface area (Å²) >= 11 is 12.8. The number of anilines is 1. The normalized spacial score (nSPS) is 11.6. The quantitative estimate of drug-likeness (QED) is 0.429. The fourth-order valence-electron chi connectivity index (χ4n) is 2.23. The van der Waals surface area contributed by atoms with Gasteiger partial charge in [0.05, 0.1) is 27.0 Å². The van der Waals surface area contributed by atoms with Crippen molar-refractivity contribution >= 4 is 57.6 Å². The molecule has 0 atom stereocenters. The number of hydrogen-bond donors (Lipinski definition) is 1. The van der Waals surface area contributed by atoms with Crippen molar-refractivity contribution in [3.63, 3.8) is 0 Å². The zero-order valence-corrected chi connectivity index (χ0v) is 16.5. The summed E-state index contributed by atoms with van der Waals surface area (Å²) in [5, 5.41) is 3.50. The van der Waals surface area contributed by atoms with Crippen LogP contribution in [-0.4, -0.2) is 26.6 Å². The van der Waals surface area contributed by atoms with Gasteiger partial charge in [-0.25, -0.2) is 15.0 Å². The minimum absolute atomic E-state index is 0.0550. The number of benzene rings is 1. The molecule has 5 nitrogen and oxygen atoms in total. The molecule has 3 aromatic rings. The predicted molar refractivity (Wildman–Crippen MR) is 103 cm³/mol. The van der Waals surface area contributed by atoms with Crippen molar-refractivity contribution in [2.45, 2.75) is 18.1 Å². The van der Waals surface area contributed by atoms with Crippen LogP contribution in [0.15, 0.2) is 35.4 Å². The molecule has 0 aliphatic carbocycles. The molecule has 2 heterocycles. The molecule has 11 heteroatoms. The van der Waals surface area contributed by atoms with Gasteiger partial charge < -0.3 is 5.32 Å². The van der Waals surface area contributed by atoms with Crippen LogP contribution in [0.2, 0.25) is 10.0 Å². The first-order chi connectivity index (χ1) is 13.1. The third-order valence-corrected chi connectivity index (χ3v) is 5.19. The molecular formula is C17H11Cl2F3N4OS. The average Bonchev–Trinajstić information content (AvgIpc) is 2.63. The van der Waals surface area contributed by atoms with Crippen molar-refractivity contribution in [1.29, 1.82) is 0 Å². The van der Waals surface area contributed by atoms with Gasteiger partial charge >= 0.3 is 6.18 Å². The number of amides is 1. The lowest BCUT2D eigenvalue weighted by Gasteiger charge is -2.11. The minimum Gasteiger partial charge on any atom is -0.309 e. The first-order valence-corrected chi connectivity index (χ1v) is 9.48. The molecular weight excluding hydrogens is 436 g/mol. The van der Waals surface area contributed by atoms with Gasteiger partial charge in [0, 0.05) is 5.39 Å². The molecule has 0 aliphatic rings. The Labute approximate surface area is 171 Å². The maximum atomic E-state index is 13.0. The number of nitrogens with zero attached hydrogens (tertiary/aromatic N) is 3. The molecule has 2 aromatic heterocycles. The Morgan fingerprint density at radius 2 is 1.86 bits per heavy atom. The van der Waals surface area contributed by atoms with Crippen LogP contribution in [0.3, 0.4) is 0 Å². The molecule has 0 spiro atoms. The molecule has 1 amide bonds. The second-order valence-corrected chi connectivity index (χ2v) is 7.37. The van der Waals surface area contributed by atoms with Gasteiger partial charge in [-0.2, -0.15) is 13.2 Å². The summed E-state index contributed by atoms with van der Waals surface area (Å²) in [7, 11) is 0. The average molecular weight is 447 g/mol. The van der Waals surface area contributed by atoms with E-state index in [2.05, 4.69) is 20.3 Å². The highest BCUT2D eigenvalue weighted by Gasteiger charge is 2.35. The predicted octanol–water partition coefficient (Wildman–Crippen LogP) is 5.39. The monoisotopic (exact) mass is 446 g/mol. The van der Waals surface area contributed by atoms with Crippen LogP contribution >= 0.6 is 35.0 Å². The van der Waals surface area contributed by atoms with E-state index in [0.29, 0.717) is 16.1 Å². The van der Waals surface area contributed by atoms with E-state index in [9.17, 15) is 18.0 Å². The Morgan fingerprint density at radius 3 is 2.57 bits per heavy atom. The van der Waals surface area contributed by atoms with Crippen molar-refractivity contribution in [2.24, 2.45) is 0 Å². The van der Waals surface area contributed by atoms with Crippen LogP contribution in [0.5, 0.6) is 0 Å². The van der Waals surface area contributed by atoms with E-state index in [1.165, 1.54) is 12.1 Å². The van der Waals surface area contributed by atoms with Crippen LogP contribution in [0.4, 0.5) is 19.0 Å². The summed E-state index contributed by atoms with van der Waals surface area (Å²) in [6.07, 6.45) is -4.69. The zero-order valence-electron chi connectivity index (χ0n) is 14.1. The van der Waals surface area contributed by atoms with Gasteiger partial charge in [-0.15, -0.1) is 0 Å². The number of halogens is 5. The number of pyridine rings is 1. The number of nitrogens with one attached hydrogen (secondary N) is 1. The van der Waals surface area contributed by atoms with Crippen molar-refractivity contribution in [3.05, 3.63) is 51.9 Å². The van der Waals surface area contributed by atoms with Crippen molar-refractivity contribution < 1.29 is 18.0 Å². The highest BCUT2D eigenvalue weighted by Crippen LogP contribution is 2.32. The van der Waals surface area contributed by atoms with Crippen LogP contribution < -0.4 is 5.32 Å². The van der Waals surface area contributed by atoms with E-state index in [1.807, 2.05) is 0 Å².